The maximum Gasteiger partial charge on any atom is 0.139 e. The van der Waals surface area contributed by atoms with Crippen LogP contribution in [-0.4, -0.2) is 9.55 Å². The lowest BCUT2D eigenvalue weighted by atomic mass is 9.99. The topological polar surface area (TPSA) is 43.8 Å². The molecule has 3 nitrogen and oxygen atoms in total. The molecule has 0 aliphatic rings. The molecule has 0 fully saturated rings. The molecule has 0 radical (unpaired) electrons. The van der Waals surface area contributed by atoms with Crippen LogP contribution in [0.25, 0.3) is 11.4 Å². The zero-order chi connectivity index (χ0) is 14.4. The molecule has 2 aromatic rings. The summed E-state index contributed by atoms with van der Waals surface area (Å²) in [6.07, 6.45) is 9.07. The third-order valence-corrected chi connectivity index (χ3v) is 3.88. The van der Waals surface area contributed by atoms with E-state index in [4.69, 9.17) is 5.73 Å². The van der Waals surface area contributed by atoms with Crippen molar-refractivity contribution in [2.75, 3.05) is 5.73 Å². The highest BCUT2D eigenvalue weighted by Gasteiger charge is 2.11. The van der Waals surface area contributed by atoms with E-state index in [2.05, 4.69) is 29.6 Å². The van der Waals surface area contributed by atoms with Gasteiger partial charge < -0.3 is 10.3 Å². The van der Waals surface area contributed by atoms with Crippen LogP contribution in [0.15, 0.2) is 36.7 Å². The fourth-order valence-electron chi connectivity index (χ4n) is 2.54. The van der Waals surface area contributed by atoms with Crippen molar-refractivity contribution in [2.45, 2.75) is 46.1 Å². The zero-order valence-electron chi connectivity index (χ0n) is 12.5. The van der Waals surface area contributed by atoms with E-state index >= 15 is 0 Å². The van der Waals surface area contributed by atoms with E-state index in [0.717, 1.165) is 29.5 Å². The molecule has 0 aliphatic carbocycles. The Bertz CT molecular complexity index is 513. The molecule has 0 aliphatic heterocycles. The van der Waals surface area contributed by atoms with Gasteiger partial charge in [0, 0.05) is 30.2 Å². The third kappa shape index (κ3) is 3.62. The van der Waals surface area contributed by atoms with E-state index in [1.807, 2.05) is 30.5 Å². The lowest BCUT2D eigenvalue weighted by Gasteiger charge is -2.17. The molecule has 1 unspecified atom stereocenters. The molecule has 1 atom stereocenters. The van der Waals surface area contributed by atoms with Crippen LogP contribution in [-0.2, 0) is 6.54 Å². The maximum absolute atomic E-state index is 5.75. The molecule has 0 saturated heterocycles. The highest BCUT2D eigenvalue weighted by Crippen LogP contribution is 2.22. The number of nitrogens with two attached hydrogens (primary N) is 1. The van der Waals surface area contributed by atoms with Gasteiger partial charge in [0.1, 0.15) is 5.82 Å². The van der Waals surface area contributed by atoms with Crippen molar-refractivity contribution in [3.63, 3.8) is 0 Å². The molecule has 108 valence electrons. The second-order valence-electron chi connectivity index (χ2n) is 5.44. The van der Waals surface area contributed by atoms with Crippen molar-refractivity contribution in [2.24, 2.45) is 5.92 Å². The summed E-state index contributed by atoms with van der Waals surface area (Å²) >= 11 is 0. The van der Waals surface area contributed by atoms with Gasteiger partial charge in [-0.1, -0.05) is 33.1 Å². The SMILES string of the molecule is CCCCC(CC)Cn1ccnc1-c1ccc(N)cc1. The van der Waals surface area contributed by atoms with E-state index in [1.54, 1.807) is 0 Å². The minimum Gasteiger partial charge on any atom is -0.399 e. The summed E-state index contributed by atoms with van der Waals surface area (Å²) in [6, 6.07) is 7.95. The maximum atomic E-state index is 5.75. The summed E-state index contributed by atoms with van der Waals surface area (Å²) in [7, 11) is 0. The second-order valence-corrected chi connectivity index (χ2v) is 5.44. The van der Waals surface area contributed by atoms with Gasteiger partial charge in [0.15, 0.2) is 0 Å². The highest BCUT2D eigenvalue weighted by atomic mass is 15.1. The van der Waals surface area contributed by atoms with Gasteiger partial charge in [-0.05, 0) is 36.6 Å². The van der Waals surface area contributed by atoms with Gasteiger partial charge >= 0.3 is 0 Å². The Morgan fingerprint density at radius 3 is 2.60 bits per heavy atom. The van der Waals surface area contributed by atoms with Crippen molar-refractivity contribution >= 4 is 5.69 Å². The summed E-state index contributed by atoms with van der Waals surface area (Å²) in [4.78, 5) is 4.51. The molecule has 1 aromatic carbocycles. The summed E-state index contributed by atoms with van der Waals surface area (Å²) in [5.74, 6) is 1.77. The van der Waals surface area contributed by atoms with Gasteiger partial charge in [-0.15, -0.1) is 0 Å². The fourth-order valence-corrected chi connectivity index (χ4v) is 2.54. The number of unbranched alkanes of at least 4 members (excludes halogenated alkanes) is 1. The van der Waals surface area contributed by atoms with Gasteiger partial charge in [0.2, 0.25) is 0 Å². The molecular weight excluding hydrogens is 246 g/mol. The molecule has 0 amide bonds. The quantitative estimate of drug-likeness (QED) is 0.761. The van der Waals surface area contributed by atoms with Crippen molar-refractivity contribution in [3.8, 4) is 11.4 Å². The number of aromatic nitrogens is 2. The predicted octanol–water partition coefficient (Wildman–Crippen LogP) is 4.35. The lowest BCUT2D eigenvalue weighted by Crippen LogP contribution is -2.10. The van der Waals surface area contributed by atoms with Crippen LogP contribution < -0.4 is 5.73 Å². The van der Waals surface area contributed by atoms with E-state index in [-0.39, 0.29) is 0 Å². The largest absolute Gasteiger partial charge is 0.399 e. The van der Waals surface area contributed by atoms with Gasteiger partial charge in [-0.3, -0.25) is 0 Å². The molecule has 1 heterocycles. The van der Waals surface area contributed by atoms with Gasteiger partial charge in [0.25, 0.3) is 0 Å². The third-order valence-electron chi connectivity index (χ3n) is 3.88. The van der Waals surface area contributed by atoms with Crippen molar-refractivity contribution in [3.05, 3.63) is 36.7 Å². The number of hydrogen-bond acceptors (Lipinski definition) is 2. The standard InChI is InChI=1S/C17H25N3/c1-3-5-6-14(4-2)13-20-12-11-19-17(20)15-7-9-16(18)10-8-15/h7-12,14H,3-6,13,18H2,1-2H3. The number of imidazole rings is 1. The van der Waals surface area contributed by atoms with E-state index in [1.165, 1.54) is 25.7 Å². The normalized spacial score (nSPS) is 12.5. The number of benzene rings is 1. The van der Waals surface area contributed by atoms with Crippen LogP contribution in [0.2, 0.25) is 0 Å². The summed E-state index contributed by atoms with van der Waals surface area (Å²) < 4.78 is 2.27. The second kappa shape index (κ2) is 7.13. The Balaban J connectivity index is 2.13. The zero-order valence-corrected chi connectivity index (χ0v) is 12.5. The fraction of sp³-hybridized carbons (Fsp3) is 0.471. The Kier molecular flexibility index (Phi) is 5.22. The average Bonchev–Trinajstić information content (AvgIpc) is 2.92. The van der Waals surface area contributed by atoms with Crippen LogP contribution in [0.3, 0.4) is 0 Å². The summed E-state index contributed by atoms with van der Waals surface area (Å²) in [5.41, 5.74) is 7.67. The number of rotatable bonds is 7. The Hall–Kier alpha value is -1.77. The first kappa shape index (κ1) is 14.6. The lowest BCUT2D eigenvalue weighted by molar-refractivity contribution is 0.392. The van der Waals surface area contributed by atoms with Crippen molar-refractivity contribution in [1.29, 1.82) is 0 Å². The Morgan fingerprint density at radius 1 is 1.20 bits per heavy atom. The summed E-state index contributed by atoms with van der Waals surface area (Å²) in [6.45, 7) is 5.58. The number of hydrogen-bond donors (Lipinski definition) is 1. The first-order valence-electron chi connectivity index (χ1n) is 7.61. The molecule has 0 saturated carbocycles. The Morgan fingerprint density at radius 2 is 1.95 bits per heavy atom. The molecule has 3 heteroatoms. The van der Waals surface area contributed by atoms with E-state index in [9.17, 15) is 0 Å². The van der Waals surface area contributed by atoms with Gasteiger partial charge in [-0.2, -0.15) is 0 Å². The molecule has 1 aromatic heterocycles. The number of nitrogen functional groups attached to an aromatic ring is 1. The molecule has 2 rings (SSSR count). The van der Waals surface area contributed by atoms with Crippen LogP contribution in [0.5, 0.6) is 0 Å². The summed E-state index contributed by atoms with van der Waals surface area (Å²) in [5, 5.41) is 0. The average molecular weight is 271 g/mol. The predicted molar refractivity (Wildman–Crippen MR) is 85.4 cm³/mol. The Labute approximate surface area is 121 Å². The molecule has 2 N–H and O–H groups in total. The van der Waals surface area contributed by atoms with Crippen LogP contribution in [0, 0.1) is 5.92 Å². The minimum absolute atomic E-state index is 0.733. The minimum atomic E-state index is 0.733. The number of nitrogens with zero attached hydrogens (tertiary/aromatic N) is 2. The molecule has 20 heavy (non-hydrogen) atoms. The first-order valence-corrected chi connectivity index (χ1v) is 7.61. The van der Waals surface area contributed by atoms with Gasteiger partial charge in [-0.25, -0.2) is 4.98 Å². The van der Waals surface area contributed by atoms with Crippen LogP contribution in [0.4, 0.5) is 5.69 Å². The molecule has 0 spiro atoms. The van der Waals surface area contributed by atoms with E-state index in [0.29, 0.717) is 0 Å². The van der Waals surface area contributed by atoms with Crippen LogP contribution >= 0.6 is 0 Å². The monoisotopic (exact) mass is 271 g/mol. The van der Waals surface area contributed by atoms with Crippen LogP contribution in [0.1, 0.15) is 39.5 Å². The van der Waals surface area contributed by atoms with Crippen molar-refractivity contribution < 1.29 is 0 Å². The van der Waals surface area contributed by atoms with Gasteiger partial charge in [0.05, 0.1) is 0 Å². The van der Waals surface area contributed by atoms with Crippen molar-refractivity contribution in [1.82, 2.24) is 9.55 Å². The van der Waals surface area contributed by atoms with E-state index < -0.39 is 0 Å². The first-order chi connectivity index (χ1) is 9.74. The highest BCUT2D eigenvalue weighted by molar-refractivity contribution is 5.59. The smallest absolute Gasteiger partial charge is 0.139 e. The molecule has 0 bridgehead atoms. The number of anilines is 1. The molecular formula is C17H25N3.